The van der Waals surface area contributed by atoms with Crippen molar-refractivity contribution in [3.05, 3.63) is 17.5 Å². The average Bonchev–Trinajstić information content (AvgIpc) is 2.75. The maximum atomic E-state index is 12.1. The van der Waals surface area contributed by atoms with Gasteiger partial charge in [0.2, 0.25) is 0 Å². The summed E-state index contributed by atoms with van der Waals surface area (Å²) in [5, 5.41) is 15.7. The molecule has 1 aromatic heterocycles. The molecule has 0 bridgehead atoms. The zero-order valence-corrected chi connectivity index (χ0v) is 9.64. The Morgan fingerprint density at radius 3 is 2.88 bits per heavy atom. The van der Waals surface area contributed by atoms with Gasteiger partial charge in [0.25, 0.3) is 5.91 Å². The minimum Gasteiger partial charge on any atom is -0.480 e. The van der Waals surface area contributed by atoms with Crippen LogP contribution in [0.25, 0.3) is 0 Å². The number of carboxylic acids is 1. The van der Waals surface area contributed by atoms with Crippen LogP contribution in [0.5, 0.6) is 0 Å². The van der Waals surface area contributed by atoms with Crippen LogP contribution in [-0.2, 0) is 4.79 Å². The molecule has 0 spiro atoms. The van der Waals surface area contributed by atoms with Crippen LogP contribution >= 0.6 is 0 Å². The van der Waals surface area contributed by atoms with Gasteiger partial charge in [0.05, 0.1) is 0 Å². The van der Waals surface area contributed by atoms with Gasteiger partial charge in [0, 0.05) is 12.2 Å². The second-order valence-corrected chi connectivity index (χ2v) is 4.28. The van der Waals surface area contributed by atoms with E-state index in [1.807, 2.05) is 0 Å². The fourth-order valence-corrected chi connectivity index (χ4v) is 2.11. The van der Waals surface area contributed by atoms with Gasteiger partial charge in [-0.2, -0.15) is 5.10 Å². The summed E-state index contributed by atoms with van der Waals surface area (Å²) < 4.78 is 0. The molecule has 1 aromatic rings. The number of aromatic nitrogens is 2. The first-order valence-corrected chi connectivity index (χ1v) is 5.65. The maximum absolute atomic E-state index is 12.1. The number of piperidine rings is 1. The van der Waals surface area contributed by atoms with E-state index in [9.17, 15) is 9.59 Å². The molecule has 1 atom stereocenters. The molecule has 1 saturated heterocycles. The first-order chi connectivity index (χ1) is 8.09. The topological polar surface area (TPSA) is 86.3 Å². The molecule has 1 aliphatic heterocycles. The number of aliphatic carboxylic acids is 1. The highest BCUT2D eigenvalue weighted by Gasteiger charge is 2.33. The van der Waals surface area contributed by atoms with E-state index in [1.54, 1.807) is 13.0 Å². The van der Waals surface area contributed by atoms with Crippen molar-refractivity contribution in [3.8, 4) is 0 Å². The monoisotopic (exact) mass is 237 g/mol. The molecule has 2 heterocycles. The van der Waals surface area contributed by atoms with Crippen molar-refractivity contribution < 1.29 is 14.7 Å². The van der Waals surface area contributed by atoms with Crippen LogP contribution in [0.4, 0.5) is 0 Å². The minimum atomic E-state index is -0.940. The Hall–Kier alpha value is -1.85. The fourth-order valence-electron chi connectivity index (χ4n) is 2.11. The minimum absolute atomic E-state index is 0.288. The number of nitrogens with zero attached hydrogens (tertiary/aromatic N) is 2. The van der Waals surface area contributed by atoms with E-state index in [0.29, 0.717) is 13.0 Å². The van der Waals surface area contributed by atoms with Gasteiger partial charge in [0.1, 0.15) is 11.7 Å². The average molecular weight is 237 g/mol. The molecule has 6 heteroatoms. The molecule has 0 saturated carbocycles. The van der Waals surface area contributed by atoms with E-state index in [2.05, 4.69) is 10.2 Å². The van der Waals surface area contributed by atoms with Crippen molar-refractivity contribution >= 4 is 11.9 Å². The number of likely N-dealkylation sites (tertiary alicyclic amines) is 1. The number of rotatable bonds is 2. The van der Waals surface area contributed by atoms with Gasteiger partial charge in [-0.25, -0.2) is 4.79 Å². The van der Waals surface area contributed by atoms with Gasteiger partial charge < -0.3 is 10.0 Å². The summed E-state index contributed by atoms with van der Waals surface area (Å²) in [4.78, 5) is 24.6. The normalized spacial score (nSPS) is 20.3. The Balaban J connectivity index is 2.19. The van der Waals surface area contributed by atoms with E-state index in [4.69, 9.17) is 5.11 Å². The van der Waals surface area contributed by atoms with Crippen molar-refractivity contribution in [3.63, 3.8) is 0 Å². The van der Waals surface area contributed by atoms with Gasteiger partial charge in [-0.15, -0.1) is 0 Å². The molecule has 0 radical (unpaired) electrons. The van der Waals surface area contributed by atoms with Crippen molar-refractivity contribution in [2.45, 2.75) is 32.2 Å². The second kappa shape index (κ2) is 4.57. The van der Waals surface area contributed by atoms with Crippen molar-refractivity contribution in [2.75, 3.05) is 6.54 Å². The highest BCUT2D eigenvalue weighted by atomic mass is 16.4. The van der Waals surface area contributed by atoms with Crippen LogP contribution in [0.15, 0.2) is 6.07 Å². The van der Waals surface area contributed by atoms with Gasteiger partial charge in [-0.3, -0.25) is 9.89 Å². The summed E-state index contributed by atoms with van der Waals surface area (Å²) in [5.74, 6) is -1.24. The number of carbonyl (C=O) groups is 2. The summed E-state index contributed by atoms with van der Waals surface area (Å²) >= 11 is 0. The molecule has 0 aliphatic carbocycles. The molecular formula is C11H15N3O3. The Bertz CT molecular complexity index is 441. The Kier molecular flexibility index (Phi) is 3.12. The van der Waals surface area contributed by atoms with Gasteiger partial charge >= 0.3 is 5.97 Å². The number of H-pyrrole nitrogens is 1. The zero-order valence-electron chi connectivity index (χ0n) is 9.64. The van der Waals surface area contributed by atoms with Crippen LogP contribution in [0.1, 0.15) is 35.4 Å². The molecule has 17 heavy (non-hydrogen) atoms. The summed E-state index contributed by atoms with van der Waals surface area (Å²) in [6, 6.07) is 0.920. The third-order valence-electron chi connectivity index (χ3n) is 2.97. The van der Waals surface area contributed by atoms with Crippen molar-refractivity contribution in [2.24, 2.45) is 0 Å². The second-order valence-electron chi connectivity index (χ2n) is 4.28. The predicted octanol–water partition coefficient (Wildman–Crippen LogP) is 0.797. The molecule has 2 rings (SSSR count). The number of aromatic amines is 1. The molecule has 0 unspecified atom stereocenters. The van der Waals surface area contributed by atoms with Crippen LogP contribution < -0.4 is 0 Å². The van der Waals surface area contributed by atoms with E-state index < -0.39 is 12.0 Å². The summed E-state index contributed by atoms with van der Waals surface area (Å²) in [5.41, 5.74) is 1.08. The van der Waals surface area contributed by atoms with Gasteiger partial charge in [-0.1, -0.05) is 0 Å². The first-order valence-electron chi connectivity index (χ1n) is 5.65. The summed E-state index contributed by atoms with van der Waals surface area (Å²) in [6.45, 7) is 2.29. The van der Waals surface area contributed by atoms with Gasteiger partial charge in [-0.05, 0) is 32.3 Å². The third kappa shape index (κ3) is 2.30. The smallest absolute Gasteiger partial charge is 0.326 e. The number of nitrogens with one attached hydrogen (secondary N) is 1. The van der Waals surface area contributed by atoms with Crippen molar-refractivity contribution in [1.82, 2.24) is 15.1 Å². The van der Waals surface area contributed by atoms with Crippen LogP contribution in [-0.4, -0.2) is 44.7 Å². The lowest BCUT2D eigenvalue weighted by Crippen LogP contribution is -2.48. The summed E-state index contributed by atoms with van der Waals surface area (Å²) in [7, 11) is 0. The Morgan fingerprint density at radius 2 is 2.29 bits per heavy atom. The van der Waals surface area contributed by atoms with E-state index >= 15 is 0 Å². The molecule has 1 amide bonds. The summed E-state index contributed by atoms with van der Waals surface area (Å²) in [6.07, 6.45) is 2.21. The Labute approximate surface area is 98.6 Å². The van der Waals surface area contributed by atoms with Crippen molar-refractivity contribution in [1.29, 1.82) is 0 Å². The largest absolute Gasteiger partial charge is 0.480 e. The van der Waals surface area contributed by atoms with Gasteiger partial charge in [0.15, 0.2) is 0 Å². The quantitative estimate of drug-likeness (QED) is 0.796. The van der Waals surface area contributed by atoms with Crippen LogP contribution in [0.3, 0.4) is 0 Å². The molecule has 1 fully saturated rings. The highest BCUT2D eigenvalue weighted by molar-refractivity contribution is 5.95. The molecular weight excluding hydrogens is 222 g/mol. The lowest BCUT2D eigenvalue weighted by atomic mass is 10.0. The number of amides is 1. The SMILES string of the molecule is Cc1cc(C(=O)N2CCCC[C@@H]2C(=O)O)n[nH]1. The van der Waals surface area contributed by atoms with E-state index in [-0.39, 0.29) is 11.6 Å². The third-order valence-corrected chi connectivity index (χ3v) is 2.97. The molecule has 1 aliphatic rings. The zero-order chi connectivity index (χ0) is 12.4. The Morgan fingerprint density at radius 1 is 1.53 bits per heavy atom. The number of hydrogen-bond donors (Lipinski definition) is 2. The first kappa shape index (κ1) is 11.6. The molecule has 2 N–H and O–H groups in total. The standard InChI is InChI=1S/C11H15N3O3/c1-7-6-8(13-12-7)10(15)14-5-3-2-4-9(14)11(16)17/h6,9H,2-5H2,1H3,(H,12,13)(H,16,17)/t9-/m1/s1. The molecule has 92 valence electrons. The molecule has 0 aromatic carbocycles. The highest BCUT2D eigenvalue weighted by Crippen LogP contribution is 2.19. The lowest BCUT2D eigenvalue weighted by molar-refractivity contribution is -0.143. The van der Waals surface area contributed by atoms with E-state index in [0.717, 1.165) is 18.5 Å². The fraction of sp³-hybridized carbons (Fsp3) is 0.545. The lowest BCUT2D eigenvalue weighted by Gasteiger charge is -2.32. The van der Waals surface area contributed by atoms with Crippen LogP contribution in [0, 0.1) is 6.92 Å². The number of hydrogen-bond acceptors (Lipinski definition) is 3. The maximum Gasteiger partial charge on any atom is 0.326 e. The van der Waals surface area contributed by atoms with E-state index in [1.165, 1.54) is 4.90 Å². The number of aryl methyl sites for hydroxylation is 1. The predicted molar refractivity (Wildman–Crippen MR) is 59.6 cm³/mol. The number of carbonyl (C=O) groups excluding carboxylic acids is 1. The molecule has 6 nitrogen and oxygen atoms in total. The number of carboxylic acid groups (broad SMARTS) is 1. The van der Waals surface area contributed by atoms with Crippen LogP contribution in [0.2, 0.25) is 0 Å².